The third-order valence-electron chi connectivity index (χ3n) is 2.38. The molecule has 1 atom stereocenters. The highest BCUT2D eigenvalue weighted by Gasteiger charge is 2.37. The van der Waals surface area contributed by atoms with Crippen LogP contribution in [-0.2, 0) is 14.3 Å². The molecule has 1 aliphatic rings. The molecule has 2 rings (SSSR count). The van der Waals surface area contributed by atoms with Crippen LogP contribution >= 0.6 is 0 Å². The molecule has 0 unspecified atom stereocenters. The molecule has 8 nitrogen and oxygen atoms in total. The van der Waals surface area contributed by atoms with E-state index in [1.807, 2.05) is 0 Å². The molecule has 18 heavy (non-hydrogen) atoms. The molecule has 2 heterocycles. The molecule has 8 heteroatoms. The Morgan fingerprint density at radius 1 is 1.67 bits per heavy atom. The van der Waals surface area contributed by atoms with Gasteiger partial charge in [0.1, 0.15) is 5.69 Å². The van der Waals surface area contributed by atoms with Gasteiger partial charge in [0.2, 0.25) is 0 Å². The van der Waals surface area contributed by atoms with Gasteiger partial charge in [-0.15, -0.1) is 0 Å². The summed E-state index contributed by atoms with van der Waals surface area (Å²) in [6, 6.07) is 0. The second kappa shape index (κ2) is 4.39. The third kappa shape index (κ3) is 2.66. The molecule has 1 aliphatic heterocycles. The summed E-state index contributed by atoms with van der Waals surface area (Å²) in [7, 11) is 0. The minimum Gasteiger partial charge on any atom is -0.369 e. The average Bonchev–Trinajstić information content (AvgIpc) is 2.63. The van der Waals surface area contributed by atoms with Crippen molar-refractivity contribution in [2.45, 2.75) is 25.7 Å². The van der Waals surface area contributed by atoms with E-state index >= 15 is 0 Å². The lowest BCUT2D eigenvalue weighted by Gasteiger charge is -2.16. The summed E-state index contributed by atoms with van der Waals surface area (Å²) in [6.45, 7) is 3.55. The quantitative estimate of drug-likeness (QED) is 0.651. The smallest absolute Gasteiger partial charge is 0.276 e. The number of aromatic amines is 1. The van der Waals surface area contributed by atoms with Crippen molar-refractivity contribution >= 4 is 17.5 Å². The molecule has 1 aromatic heterocycles. The van der Waals surface area contributed by atoms with Crippen LogP contribution in [0.2, 0.25) is 0 Å². The van der Waals surface area contributed by atoms with Gasteiger partial charge in [0.15, 0.2) is 17.8 Å². The second-order valence-electron chi connectivity index (χ2n) is 4.32. The number of anilines is 2. The topological polar surface area (TPSA) is 119 Å². The maximum atomic E-state index is 11.8. The number of nitrogens with one attached hydrogen (secondary N) is 2. The van der Waals surface area contributed by atoms with Gasteiger partial charge in [-0.05, 0) is 13.8 Å². The van der Waals surface area contributed by atoms with Gasteiger partial charge in [-0.25, -0.2) is 4.98 Å². The Morgan fingerprint density at radius 3 is 2.94 bits per heavy atom. The molecule has 0 radical (unpaired) electrons. The van der Waals surface area contributed by atoms with Crippen LogP contribution in [0.25, 0.3) is 0 Å². The number of H-pyrrole nitrogens is 1. The van der Waals surface area contributed by atoms with E-state index in [4.69, 9.17) is 15.2 Å². The number of nitrogen functional groups attached to an aromatic ring is 1. The highest BCUT2D eigenvalue weighted by Crippen LogP contribution is 2.22. The van der Waals surface area contributed by atoms with Crippen LogP contribution in [0, 0.1) is 0 Å². The molecule has 0 aromatic carbocycles. The number of carbonyl (C=O) groups excluding carboxylic acids is 1. The predicted octanol–water partition coefficient (Wildman–Crippen LogP) is -0.558. The molecular formula is C10H14N4O4. The van der Waals surface area contributed by atoms with Crippen LogP contribution < -0.4 is 16.6 Å². The number of carbonyl (C=O) groups is 1. The number of amides is 1. The number of hydrogen-bond donors (Lipinski definition) is 3. The van der Waals surface area contributed by atoms with Crippen molar-refractivity contribution in [2.75, 3.05) is 17.7 Å². The van der Waals surface area contributed by atoms with Crippen molar-refractivity contribution in [2.24, 2.45) is 0 Å². The maximum absolute atomic E-state index is 11.8. The highest BCUT2D eigenvalue weighted by molar-refractivity contribution is 5.94. The van der Waals surface area contributed by atoms with Gasteiger partial charge in [-0.3, -0.25) is 14.6 Å². The molecule has 1 amide bonds. The summed E-state index contributed by atoms with van der Waals surface area (Å²) in [5.74, 6) is -1.27. The SMILES string of the molecule is CC1(C)OC[C@H](C(=O)Nc2cnc(N)[nH]c2=O)O1. The van der Waals surface area contributed by atoms with E-state index in [0.717, 1.165) is 0 Å². The van der Waals surface area contributed by atoms with Gasteiger partial charge in [-0.1, -0.05) is 0 Å². The first-order chi connectivity index (χ1) is 8.37. The van der Waals surface area contributed by atoms with Crippen molar-refractivity contribution in [1.29, 1.82) is 0 Å². The van der Waals surface area contributed by atoms with E-state index in [0.29, 0.717) is 0 Å². The van der Waals surface area contributed by atoms with E-state index in [-0.39, 0.29) is 18.2 Å². The van der Waals surface area contributed by atoms with Crippen LogP contribution in [0.3, 0.4) is 0 Å². The van der Waals surface area contributed by atoms with Gasteiger partial charge in [-0.2, -0.15) is 0 Å². The maximum Gasteiger partial charge on any atom is 0.276 e. The van der Waals surface area contributed by atoms with E-state index in [1.54, 1.807) is 13.8 Å². The van der Waals surface area contributed by atoms with Gasteiger partial charge < -0.3 is 20.5 Å². The lowest BCUT2D eigenvalue weighted by molar-refractivity contribution is -0.150. The first-order valence-electron chi connectivity index (χ1n) is 5.35. The molecule has 1 saturated heterocycles. The summed E-state index contributed by atoms with van der Waals surface area (Å²) in [4.78, 5) is 29.2. The lowest BCUT2D eigenvalue weighted by atomic mass is 10.3. The monoisotopic (exact) mass is 254 g/mol. The van der Waals surface area contributed by atoms with Crippen LogP contribution in [0.4, 0.5) is 11.6 Å². The van der Waals surface area contributed by atoms with Crippen LogP contribution in [0.5, 0.6) is 0 Å². The summed E-state index contributed by atoms with van der Waals surface area (Å²) < 4.78 is 10.6. The fourth-order valence-electron chi connectivity index (χ4n) is 1.53. The zero-order valence-electron chi connectivity index (χ0n) is 10.0. The highest BCUT2D eigenvalue weighted by atomic mass is 16.7. The van der Waals surface area contributed by atoms with E-state index in [2.05, 4.69) is 15.3 Å². The Kier molecular flexibility index (Phi) is 3.05. The standard InChI is InChI=1S/C10H14N4O4/c1-10(2)17-4-6(18-10)8(16)13-5-3-12-9(11)14-7(5)15/h3,6H,4H2,1-2H3,(H,13,16)(H3,11,12,14,15)/t6-/m1/s1. The van der Waals surface area contributed by atoms with Crippen molar-refractivity contribution in [3.05, 3.63) is 16.6 Å². The van der Waals surface area contributed by atoms with Crippen molar-refractivity contribution in [1.82, 2.24) is 9.97 Å². The predicted molar refractivity (Wildman–Crippen MR) is 62.8 cm³/mol. The first kappa shape index (κ1) is 12.5. The Bertz CT molecular complexity index is 525. The van der Waals surface area contributed by atoms with Crippen molar-refractivity contribution < 1.29 is 14.3 Å². The molecule has 0 spiro atoms. The van der Waals surface area contributed by atoms with Gasteiger partial charge in [0.25, 0.3) is 11.5 Å². The summed E-state index contributed by atoms with van der Waals surface area (Å²) in [5.41, 5.74) is 4.79. The molecular weight excluding hydrogens is 240 g/mol. The van der Waals surface area contributed by atoms with Crippen molar-refractivity contribution in [3.63, 3.8) is 0 Å². The Balaban J connectivity index is 2.06. The Hall–Kier alpha value is -1.93. The summed E-state index contributed by atoms with van der Waals surface area (Å²) in [5, 5.41) is 2.41. The average molecular weight is 254 g/mol. The molecule has 0 aliphatic carbocycles. The molecule has 0 bridgehead atoms. The molecule has 4 N–H and O–H groups in total. The number of nitrogens with two attached hydrogens (primary N) is 1. The van der Waals surface area contributed by atoms with Gasteiger partial charge >= 0.3 is 0 Å². The molecule has 1 aromatic rings. The lowest BCUT2D eigenvalue weighted by Crippen LogP contribution is -2.33. The van der Waals surface area contributed by atoms with E-state index < -0.39 is 23.4 Å². The van der Waals surface area contributed by atoms with Crippen LogP contribution in [-0.4, -0.2) is 34.4 Å². The number of ether oxygens (including phenoxy) is 2. The fourth-order valence-corrected chi connectivity index (χ4v) is 1.53. The number of nitrogens with zero attached hydrogens (tertiary/aromatic N) is 1. The minimum atomic E-state index is -0.798. The largest absolute Gasteiger partial charge is 0.369 e. The third-order valence-corrected chi connectivity index (χ3v) is 2.38. The Labute approximate surface area is 102 Å². The number of hydrogen-bond acceptors (Lipinski definition) is 6. The number of aromatic nitrogens is 2. The normalized spacial score (nSPS) is 21.8. The second-order valence-corrected chi connectivity index (χ2v) is 4.32. The molecule has 0 saturated carbocycles. The van der Waals surface area contributed by atoms with Gasteiger partial charge in [0.05, 0.1) is 12.8 Å². The zero-order chi connectivity index (χ0) is 13.3. The minimum absolute atomic E-state index is 0.0143. The summed E-state index contributed by atoms with van der Waals surface area (Å²) >= 11 is 0. The first-order valence-corrected chi connectivity index (χ1v) is 5.35. The van der Waals surface area contributed by atoms with Crippen LogP contribution in [0.1, 0.15) is 13.8 Å². The van der Waals surface area contributed by atoms with Crippen molar-refractivity contribution in [3.8, 4) is 0 Å². The fraction of sp³-hybridized carbons (Fsp3) is 0.500. The zero-order valence-corrected chi connectivity index (χ0v) is 10.0. The number of rotatable bonds is 2. The van der Waals surface area contributed by atoms with Gasteiger partial charge in [0, 0.05) is 0 Å². The Morgan fingerprint density at radius 2 is 2.39 bits per heavy atom. The summed E-state index contributed by atoms with van der Waals surface area (Å²) in [6.07, 6.45) is 0.435. The van der Waals surface area contributed by atoms with E-state index in [1.165, 1.54) is 6.20 Å². The molecule has 98 valence electrons. The molecule has 1 fully saturated rings. The van der Waals surface area contributed by atoms with E-state index in [9.17, 15) is 9.59 Å². The van der Waals surface area contributed by atoms with Crippen LogP contribution in [0.15, 0.2) is 11.0 Å².